The summed E-state index contributed by atoms with van der Waals surface area (Å²) in [4.78, 5) is 0. The van der Waals surface area contributed by atoms with Gasteiger partial charge >= 0.3 is 0 Å². The minimum atomic E-state index is 0.430. The second-order valence-corrected chi connectivity index (χ2v) is 4.74. The summed E-state index contributed by atoms with van der Waals surface area (Å²) in [6.45, 7) is 3.56. The maximum atomic E-state index is 5.76. The van der Waals surface area contributed by atoms with Crippen LogP contribution in [0.5, 0.6) is 0 Å². The van der Waals surface area contributed by atoms with Crippen molar-refractivity contribution in [2.24, 2.45) is 5.73 Å². The molecule has 0 saturated heterocycles. The summed E-state index contributed by atoms with van der Waals surface area (Å²) in [6, 6.07) is 10.2. The fourth-order valence-electron chi connectivity index (χ4n) is 2.24. The average Bonchev–Trinajstić information content (AvgIpc) is 2.87. The summed E-state index contributed by atoms with van der Waals surface area (Å²) in [5.41, 5.74) is 8.85. The highest BCUT2D eigenvalue weighted by molar-refractivity contribution is 5.61. The van der Waals surface area contributed by atoms with E-state index in [4.69, 9.17) is 5.73 Å². The van der Waals surface area contributed by atoms with Crippen LogP contribution in [-0.4, -0.2) is 15.0 Å². The molecule has 1 aromatic heterocycles. The van der Waals surface area contributed by atoms with Crippen LogP contribution in [0.3, 0.4) is 0 Å². The number of aromatic nitrogens is 3. The monoisotopic (exact) mass is 258 g/mol. The molecule has 0 saturated carbocycles. The molecule has 0 aliphatic rings. The van der Waals surface area contributed by atoms with Crippen LogP contribution in [0, 0.1) is 0 Å². The molecule has 1 aromatic carbocycles. The minimum Gasteiger partial charge on any atom is -0.325 e. The first-order valence-electron chi connectivity index (χ1n) is 7.04. The Bertz CT molecular complexity index is 490. The van der Waals surface area contributed by atoms with E-state index in [1.54, 1.807) is 0 Å². The zero-order valence-corrected chi connectivity index (χ0v) is 11.5. The molecule has 4 nitrogen and oxygen atoms in total. The predicted octanol–water partition coefficient (Wildman–Crippen LogP) is 2.98. The highest BCUT2D eigenvalue weighted by Crippen LogP contribution is 2.22. The lowest BCUT2D eigenvalue weighted by Gasteiger charge is -2.07. The van der Waals surface area contributed by atoms with Gasteiger partial charge in [-0.05, 0) is 6.42 Å². The van der Waals surface area contributed by atoms with Gasteiger partial charge in [0, 0.05) is 18.7 Å². The standard InChI is InChI=1S/C15H22N4/c1-2-3-4-8-11-19-15(14(12-16)17-18-19)13-9-6-5-7-10-13/h5-7,9-10H,2-4,8,11-12,16H2,1H3. The van der Waals surface area contributed by atoms with Crippen molar-refractivity contribution in [1.29, 1.82) is 0 Å². The van der Waals surface area contributed by atoms with Crippen molar-refractivity contribution >= 4 is 0 Å². The molecular weight excluding hydrogens is 236 g/mol. The first-order chi connectivity index (χ1) is 9.36. The van der Waals surface area contributed by atoms with Gasteiger partial charge in [0.2, 0.25) is 0 Å². The minimum absolute atomic E-state index is 0.430. The third kappa shape index (κ3) is 3.41. The molecule has 1 heterocycles. The molecule has 102 valence electrons. The largest absolute Gasteiger partial charge is 0.325 e. The molecule has 2 N–H and O–H groups in total. The van der Waals surface area contributed by atoms with Gasteiger partial charge in [0.1, 0.15) is 5.69 Å². The molecule has 0 radical (unpaired) electrons. The van der Waals surface area contributed by atoms with Crippen molar-refractivity contribution in [2.75, 3.05) is 0 Å². The van der Waals surface area contributed by atoms with E-state index in [0.29, 0.717) is 6.54 Å². The summed E-state index contributed by atoms with van der Waals surface area (Å²) in [6.07, 6.45) is 4.90. The van der Waals surface area contributed by atoms with Crippen molar-refractivity contribution in [2.45, 2.75) is 45.7 Å². The number of hydrogen-bond acceptors (Lipinski definition) is 3. The Balaban J connectivity index is 2.18. The van der Waals surface area contributed by atoms with Gasteiger partial charge in [0.25, 0.3) is 0 Å². The van der Waals surface area contributed by atoms with Gasteiger partial charge in [0.05, 0.1) is 5.69 Å². The second kappa shape index (κ2) is 7.04. The van der Waals surface area contributed by atoms with Gasteiger partial charge in [-0.1, -0.05) is 61.7 Å². The Labute approximate surface area is 114 Å². The Hall–Kier alpha value is -1.68. The summed E-state index contributed by atoms with van der Waals surface area (Å²) in [5, 5.41) is 8.45. The number of nitrogens with two attached hydrogens (primary N) is 1. The third-order valence-corrected chi connectivity index (χ3v) is 3.27. The highest BCUT2D eigenvalue weighted by atomic mass is 15.4. The predicted molar refractivity (Wildman–Crippen MR) is 77.5 cm³/mol. The molecule has 0 bridgehead atoms. The van der Waals surface area contributed by atoms with E-state index in [1.165, 1.54) is 19.3 Å². The molecule has 2 aromatic rings. The fraction of sp³-hybridized carbons (Fsp3) is 0.467. The molecule has 0 aliphatic carbocycles. The average molecular weight is 258 g/mol. The molecule has 0 unspecified atom stereocenters. The van der Waals surface area contributed by atoms with Crippen LogP contribution < -0.4 is 5.73 Å². The van der Waals surface area contributed by atoms with Crippen LogP contribution in [0.1, 0.15) is 38.3 Å². The van der Waals surface area contributed by atoms with Gasteiger partial charge in [-0.3, -0.25) is 0 Å². The number of hydrogen-bond donors (Lipinski definition) is 1. The molecule has 0 aliphatic heterocycles. The first kappa shape index (κ1) is 13.7. The fourth-order valence-corrected chi connectivity index (χ4v) is 2.24. The molecule has 0 spiro atoms. The molecule has 4 heteroatoms. The molecule has 2 rings (SSSR count). The topological polar surface area (TPSA) is 56.7 Å². The van der Waals surface area contributed by atoms with Crippen LogP contribution >= 0.6 is 0 Å². The maximum Gasteiger partial charge on any atom is 0.104 e. The zero-order valence-electron chi connectivity index (χ0n) is 11.5. The zero-order chi connectivity index (χ0) is 13.5. The molecule has 0 amide bonds. The van der Waals surface area contributed by atoms with Crippen molar-refractivity contribution in [3.63, 3.8) is 0 Å². The number of aryl methyl sites for hydroxylation is 1. The Morgan fingerprint density at radius 3 is 2.58 bits per heavy atom. The van der Waals surface area contributed by atoms with E-state index in [1.807, 2.05) is 22.9 Å². The van der Waals surface area contributed by atoms with Crippen LogP contribution in [0.4, 0.5) is 0 Å². The van der Waals surface area contributed by atoms with Gasteiger partial charge in [0.15, 0.2) is 0 Å². The lowest BCUT2D eigenvalue weighted by Crippen LogP contribution is -2.04. The number of unbranched alkanes of at least 4 members (excludes halogenated alkanes) is 3. The van der Waals surface area contributed by atoms with Crippen molar-refractivity contribution in [3.8, 4) is 11.3 Å². The van der Waals surface area contributed by atoms with Gasteiger partial charge < -0.3 is 5.73 Å². The smallest absolute Gasteiger partial charge is 0.104 e. The first-order valence-corrected chi connectivity index (χ1v) is 7.04. The lowest BCUT2D eigenvalue weighted by molar-refractivity contribution is 0.531. The summed E-state index contributed by atoms with van der Waals surface area (Å²) in [7, 11) is 0. The SMILES string of the molecule is CCCCCCn1nnc(CN)c1-c1ccccc1. The van der Waals surface area contributed by atoms with E-state index in [9.17, 15) is 0 Å². The molecule has 0 atom stereocenters. The summed E-state index contributed by atoms with van der Waals surface area (Å²) >= 11 is 0. The van der Waals surface area contributed by atoms with Crippen molar-refractivity contribution in [1.82, 2.24) is 15.0 Å². The van der Waals surface area contributed by atoms with Crippen LogP contribution in [-0.2, 0) is 13.1 Å². The highest BCUT2D eigenvalue weighted by Gasteiger charge is 2.12. The van der Waals surface area contributed by atoms with E-state index >= 15 is 0 Å². The number of benzene rings is 1. The van der Waals surface area contributed by atoms with Crippen LogP contribution in [0.25, 0.3) is 11.3 Å². The van der Waals surface area contributed by atoms with Gasteiger partial charge in [-0.15, -0.1) is 5.10 Å². The number of nitrogens with zero attached hydrogens (tertiary/aromatic N) is 3. The van der Waals surface area contributed by atoms with E-state index in [2.05, 4.69) is 29.4 Å². The van der Waals surface area contributed by atoms with Gasteiger partial charge in [-0.25, -0.2) is 4.68 Å². The summed E-state index contributed by atoms with van der Waals surface area (Å²) in [5.74, 6) is 0. The lowest BCUT2D eigenvalue weighted by atomic mass is 10.1. The second-order valence-electron chi connectivity index (χ2n) is 4.74. The Morgan fingerprint density at radius 2 is 1.89 bits per heavy atom. The Kier molecular flexibility index (Phi) is 5.10. The van der Waals surface area contributed by atoms with Crippen molar-refractivity contribution in [3.05, 3.63) is 36.0 Å². The number of rotatable bonds is 7. The molecule has 19 heavy (non-hydrogen) atoms. The van der Waals surface area contributed by atoms with E-state index in [-0.39, 0.29) is 0 Å². The molecule has 0 fully saturated rings. The van der Waals surface area contributed by atoms with Crippen LogP contribution in [0.2, 0.25) is 0 Å². The van der Waals surface area contributed by atoms with Crippen LogP contribution in [0.15, 0.2) is 30.3 Å². The quantitative estimate of drug-likeness (QED) is 0.777. The normalized spacial score (nSPS) is 10.8. The van der Waals surface area contributed by atoms with Crippen molar-refractivity contribution < 1.29 is 0 Å². The summed E-state index contributed by atoms with van der Waals surface area (Å²) < 4.78 is 1.99. The maximum absolute atomic E-state index is 5.76. The molecular formula is C15H22N4. The Morgan fingerprint density at radius 1 is 1.11 bits per heavy atom. The van der Waals surface area contributed by atoms with E-state index in [0.717, 1.165) is 29.9 Å². The van der Waals surface area contributed by atoms with E-state index < -0.39 is 0 Å². The third-order valence-electron chi connectivity index (χ3n) is 3.27. The van der Waals surface area contributed by atoms with Gasteiger partial charge in [-0.2, -0.15) is 0 Å².